The molecule has 1 aromatic rings. The molecule has 0 fully saturated rings. The Balaban J connectivity index is 2.37. The van der Waals surface area contributed by atoms with Gasteiger partial charge in [0.1, 0.15) is 11.5 Å². The third kappa shape index (κ3) is 2.26. The van der Waals surface area contributed by atoms with Gasteiger partial charge in [0, 0.05) is 16.9 Å². The number of aromatic amines is 1. The number of aliphatic hydroxyl groups is 1. The Morgan fingerprint density at radius 2 is 2.18 bits per heavy atom. The van der Waals surface area contributed by atoms with Gasteiger partial charge in [0.2, 0.25) is 0 Å². The van der Waals surface area contributed by atoms with E-state index in [4.69, 9.17) is 5.11 Å². The molecule has 1 heterocycles. The van der Waals surface area contributed by atoms with Crippen LogP contribution < -0.4 is 0 Å². The molecule has 88 valence electrons. The van der Waals surface area contributed by atoms with Gasteiger partial charge in [0.15, 0.2) is 0 Å². The van der Waals surface area contributed by atoms with Gasteiger partial charge in [-0.25, -0.2) is 9.78 Å². The predicted molar refractivity (Wildman–Crippen MR) is 65.5 cm³/mol. The second-order valence-corrected chi connectivity index (χ2v) is 4.00. The van der Waals surface area contributed by atoms with Crippen molar-refractivity contribution < 1.29 is 15.0 Å². The number of carbonyl (C=O) groups is 1. The van der Waals surface area contributed by atoms with Gasteiger partial charge in [-0.15, -0.1) is 12.6 Å². The number of carboxylic acid groups (broad SMARTS) is 1. The van der Waals surface area contributed by atoms with E-state index in [9.17, 15) is 9.90 Å². The predicted octanol–water partition coefficient (Wildman–Crippen LogP) is 1.91. The van der Waals surface area contributed by atoms with Crippen LogP contribution in [0.1, 0.15) is 12.1 Å². The highest BCUT2D eigenvalue weighted by atomic mass is 32.1. The fourth-order valence-corrected chi connectivity index (χ4v) is 1.78. The normalized spacial score (nSPS) is 18.4. The number of carboxylic acids is 1. The lowest BCUT2D eigenvalue weighted by atomic mass is 9.98. The monoisotopic (exact) mass is 250 g/mol. The topological polar surface area (TPSA) is 86.2 Å². The van der Waals surface area contributed by atoms with Crippen molar-refractivity contribution in [2.75, 3.05) is 0 Å². The van der Waals surface area contributed by atoms with Crippen LogP contribution in [0.2, 0.25) is 0 Å². The van der Waals surface area contributed by atoms with E-state index in [1.165, 1.54) is 12.5 Å². The fourth-order valence-electron chi connectivity index (χ4n) is 1.53. The lowest BCUT2D eigenvalue weighted by Gasteiger charge is -2.12. The Kier molecular flexibility index (Phi) is 3.06. The van der Waals surface area contributed by atoms with Gasteiger partial charge >= 0.3 is 5.97 Å². The Bertz CT molecular complexity index is 541. The molecule has 0 amide bonds. The van der Waals surface area contributed by atoms with Crippen LogP contribution in [0, 0.1) is 0 Å². The molecular formula is C11H10N2O3S. The van der Waals surface area contributed by atoms with Crippen molar-refractivity contribution in [1.82, 2.24) is 9.97 Å². The molecule has 0 aromatic carbocycles. The van der Waals surface area contributed by atoms with Gasteiger partial charge in [-0.3, -0.25) is 0 Å². The molecule has 1 aliphatic rings. The molecule has 1 aliphatic carbocycles. The number of nitrogens with zero attached hydrogens (tertiary/aromatic N) is 1. The lowest BCUT2D eigenvalue weighted by molar-refractivity contribution is -0.132. The number of hydrogen-bond acceptors (Lipinski definition) is 4. The summed E-state index contributed by atoms with van der Waals surface area (Å²) in [4.78, 5) is 17.9. The molecule has 3 N–H and O–H groups in total. The first-order valence-electron chi connectivity index (χ1n) is 4.84. The number of aliphatic hydroxyl groups excluding tert-OH is 1. The van der Waals surface area contributed by atoms with Gasteiger partial charge in [-0.2, -0.15) is 0 Å². The number of allylic oxidation sites excluding steroid dienone is 3. The highest BCUT2D eigenvalue weighted by molar-refractivity contribution is 7.84. The van der Waals surface area contributed by atoms with Crippen molar-refractivity contribution in [3.8, 4) is 0 Å². The van der Waals surface area contributed by atoms with Crippen molar-refractivity contribution in [2.24, 2.45) is 0 Å². The minimum Gasteiger partial charge on any atom is -0.505 e. The molecule has 0 bridgehead atoms. The SMILES string of the molecule is O=C(O)C1=C(S)C=CC(=C(O)c2cnc[nH]2)C1. The lowest BCUT2D eigenvalue weighted by Crippen LogP contribution is -2.07. The van der Waals surface area contributed by atoms with E-state index in [0.717, 1.165) is 0 Å². The largest absolute Gasteiger partial charge is 0.505 e. The molecule has 2 rings (SSSR count). The summed E-state index contributed by atoms with van der Waals surface area (Å²) in [6, 6.07) is 0. The average molecular weight is 250 g/mol. The van der Waals surface area contributed by atoms with Crippen LogP contribution in [0.5, 0.6) is 0 Å². The number of H-pyrrole nitrogens is 1. The third-order valence-electron chi connectivity index (χ3n) is 2.43. The van der Waals surface area contributed by atoms with E-state index in [1.54, 1.807) is 12.2 Å². The fraction of sp³-hybridized carbons (Fsp3) is 0.0909. The maximum absolute atomic E-state index is 11.0. The Morgan fingerprint density at radius 1 is 1.41 bits per heavy atom. The van der Waals surface area contributed by atoms with Crippen molar-refractivity contribution >= 4 is 24.4 Å². The molecule has 0 unspecified atom stereocenters. The van der Waals surface area contributed by atoms with E-state index in [0.29, 0.717) is 16.2 Å². The summed E-state index contributed by atoms with van der Waals surface area (Å²) in [5, 5.41) is 18.9. The number of nitrogens with one attached hydrogen (secondary N) is 1. The van der Waals surface area contributed by atoms with E-state index >= 15 is 0 Å². The van der Waals surface area contributed by atoms with Crippen LogP contribution in [0.15, 0.2) is 40.7 Å². The van der Waals surface area contributed by atoms with Gasteiger partial charge in [-0.1, -0.05) is 6.08 Å². The standard InChI is InChI=1S/C11H10N2O3S/c14-10(8-4-12-5-13-8)6-1-2-9(17)7(3-6)11(15)16/h1-2,4-5,14,17H,3H2,(H,12,13)(H,15,16). The van der Waals surface area contributed by atoms with Crippen LogP contribution in [-0.2, 0) is 4.79 Å². The maximum Gasteiger partial charge on any atom is 0.333 e. The summed E-state index contributed by atoms with van der Waals surface area (Å²) in [6.45, 7) is 0. The van der Waals surface area contributed by atoms with Crippen LogP contribution in [-0.4, -0.2) is 26.2 Å². The number of imidazole rings is 1. The molecular weight excluding hydrogens is 240 g/mol. The minimum absolute atomic E-state index is 0.00154. The molecule has 0 saturated carbocycles. The quantitative estimate of drug-likeness (QED) is 0.477. The molecule has 0 radical (unpaired) electrons. The molecule has 6 heteroatoms. The number of aliphatic carboxylic acids is 1. The van der Waals surface area contributed by atoms with Crippen molar-refractivity contribution in [3.63, 3.8) is 0 Å². The molecule has 0 saturated heterocycles. The summed E-state index contributed by atoms with van der Waals surface area (Å²) >= 11 is 4.07. The third-order valence-corrected chi connectivity index (χ3v) is 2.85. The molecule has 0 spiro atoms. The summed E-state index contributed by atoms with van der Waals surface area (Å²) in [7, 11) is 0. The zero-order valence-electron chi connectivity index (χ0n) is 8.71. The Hall–Kier alpha value is -1.95. The Labute approximate surface area is 103 Å². The first kappa shape index (κ1) is 11.5. The summed E-state index contributed by atoms with van der Waals surface area (Å²) < 4.78 is 0. The number of aromatic nitrogens is 2. The number of rotatable bonds is 2. The molecule has 0 aliphatic heterocycles. The van der Waals surface area contributed by atoms with Crippen LogP contribution >= 0.6 is 12.6 Å². The zero-order valence-corrected chi connectivity index (χ0v) is 9.61. The van der Waals surface area contributed by atoms with Gasteiger partial charge < -0.3 is 15.2 Å². The van der Waals surface area contributed by atoms with Crippen molar-refractivity contribution in [1.29, 1.82) is 0 Å². The molecule has 0 atom stereocenters. The van der Waals surface area contributed by atoms with E-state index in [2.05, 4.69) is 22.6 Å². The van der Waals surface area contributed by atoms with E-state index in [-0.39, 0.29) is 17.8 Å². The second-order valence-electron chi connectivity index (χ2n) is 3.52. The minimum atomic E-state index is -1.03. The van der Waals surface area contributed by atoms with Gasteiger partial charge in [-0.05, 0) is 6.08 Å². The van der Waals surface area contributed by atoms with E-state index in [1.807, 2.05) is 0 Å². The number of thiol groups is 1. The number of hydrogen-bond donors (Lipinski definition) is 4. The zero-order chi connectivity index (χ0) is 12.4. The highest BCUT2D eigenvalue weighted by Crippen LogP contribution is 2.29. The molecule has 17 heavy (non-hydrogen) atoms. The van der Waals surface area contributed by atoms with Crippen LogP contribution in [0.4, 0.5) is 0 Å². The summed E-state index contributed by atoms with van der Waals surface area (Å²) in [6.07, 6.45) is 6.24. The first-order chi connectivity index (χ1) is 8.09. The highest BCUT2D eigenvalue weighted by Gasteiger charge is 2.19. The smallest absolute Gasteiger partial charge is 0.333 e. The van der Waals surface area contributed by atoms with Crippen molar-refractivity contribution in [3.05, 3.63) is 46.4 Å². The average Bonchev–Trinajstić information content (AvgIpc) is 2.81. The van der Waals surface area contributed by atoms with Crippen molar-refractivity contribution in [2.45, 2.75) is 6.42 Å². The first-order valence-corrected chi connectivity index (χ1v) is 5.28. The van der Waals surface area contributed by atoms with Crippen LogP contribution in [0.25, 0.3) is 5.76 Å². The van der Waals surface area contributed by atoms with E-state index < -0.39 is 5.97 Å². The van der Waals surface area contributed by atoms with Gasteiger partial charge in [0.05, 0.1) is 18.1 Å². The summed E-state index contributed by atoms with van der Waals surface area (Å²) in [5.41, 5.74) is 1.14. The molecule has 1 aromatic heterocycles. The maximum atomic E-state index is 11.0. The summed E-state index contributed by atoms with van der Waals surface area (Å²) in [5.74, 6) is -1.03. The van der Waals surface area contributed by atoms with Crippen LogP contribution in [0.3, 0.4) is 0 Å². The van der Waals surface area contributed by atoms with Gasteiger partial charge in [0.25, 0.3) is 0 Å². The Morgan fingerprint density at radius 3 is 2.76 bits per heavy atom. The molecule has 5 nitrogen and oxygen atoms in total. The second kappa shape index (κ2) is 4.50.